The quantitative estimate of drug-likeness (QED) is 0.403. The van der Waals surface area contributed by atoms with Crippen LogP contribution in [0.15, 0.2) is 24.5 Å². The van der Waals surface area contributed by atoms with Gasteiger partial charge in [0.25, 0.3) is 5.91 Å². The Morgan fingerprint density at radius 2 is 2.03 bits per heavy atom. The zero-order valence-corrected chi connectivity index (χ0v) is 17.7. The molecular formula is C19H12ClF3N6O2S. The molecule has 4 aromatic rings. The van der Waals surface area contributed by atoms with Crippen LogP contribution in [0.25, 0.3) is 21.1 Å². The van der Waals surface area contributed by atoms with Gasteiger partial charge in [-0.3, -0.25) is 4.79 Å². The molecule has 13 heteroatoms. The molecule has 0 radical (unpaired) electrons. The molecule has 1 aliphatic heterocycles. The number of benzene rings is 1. The first-order valence-electron chi connectivity index (χ1n) is 9.25. The Balaban J connectivity index is 1.60. The number of anilines is 1. The van der Waals surface area contributed by atoms with Gasteiger partial charge < -0.3 is 15.4 Å². The second kappa shape index (κ2) is 7.41. The van der Waals surface area contributed by atoms with Crippen LogP contribution in [0, 0.1) is 0 Å². The van der Waals surface area contributed by atoms with Crippen molar-refractivity contribution in [3.63, 3.8) is 0 Å². The first-order valence-corrected chi connectivity index (χ1v) is 10.4. The van der Waals surface area contributed by atoms with E-state index in [4.69, 9.17) is 16.3 Å². The number of nitrogens with zero attached hydrogens (tertiary/aromatic N) is 4. The summed E-state index contributed by atoms with van der Waals surface area (Å²) in [4.78, 5) is 28.6. The van der Waals surface area contributed by atoms with Crippen molar-refractivity contribution >= 4 is 55.7 Å². The van der Waals surface area contributed by atoms with E-state index in [1.54, 1.807) is 12.1 Å². The zero-order chi connectivity index (χ0) is 22.6. The summed E-state index contributed by atoms with van der Waals surface area (Å²) in [5.74, 6) is -1.15. The molecule has 0 saturated heterocycles. The average molecular weight is 481 g/mol. The summed E-state index contributed by atoms with van der Waals surface area (Å²) in [6.07, 6.45) is -3.00. The summed E-state index contributed by atoms with van der Waals surface area (Å²) in [6, 6.07) is 3.38. The normalized spacial score (nSPS) is 16.4. The van der Waals surface area contributed by atoms with E-state index in [0.717, 1.165) is 4.70 Å². The van der Waals surface area contributed by atoms with Gasteiger partial charge in [-0.15, -0.1) is 11.3 Å². The predicted octanol–water partition coefficient (Wildman–Crippen LogP) is 4.64. The number of carbonyl (C=O) groups excluding carboxylic acids is 1. The van der Waals surface area contributed by atoms with Gasteiger partial charge in [-0.1, -0.05) is 0 Å². The standard InChI is InChI=1S/C19H12ClF3N6O2S/c1-7-4-24-14-12-10(32-15(14)16(30)27-7)3-2-9-13(12)25-6-11(28-9)31-17-8(19(21,22)23)5-26-18(20)29-17/h2-3,5-7,24H,4H2,1H3,(H,27,30)/t7-/m1/s1. The molecule has 1 amide bonds. The molecule has 4 heterocycles. The molecule has 0 fully saturated rings. The number of hydrogen-bond donors (Lipinski definition) is 2. The highest BCUT2D eigenvalue weighted by atomic mass is 35.5. The summed E-state index contributed by atoms with van der Waals surface area (Å²) in [7, 11) is 0. The highest BCUT2D eigenvalue weighted by Crippen LogP contribution is 2.41. The average Bonchev–Trinajstić information content (AvgIpc) is 3.04. The van der Waals surface area contributed by atoms with E-state index in [-0.39, 0.29) is 17.8 Å². The Hall–Kier alpha value is -3.25. The van der Waals surface area contributed by atoms with Crippen molar-refractivity contribution in [2.45, 2.75) is 19.1 Å². The molecule has 0 saturated carbocycles. The van der Waals surface area contributed by atoms with E-state index in [1.165, 1.54) is 17.5 Å². The van der Waals surface area contributed by atoms with Crippen LogP contribution in [-0.2, 0) is 6.18 Å². The number of carbonyl (C=O) groups is 1. The smallest absolute Gasteiger partial charge is 0.418 e. The number of alkyl halides is 3. The number of fused-ring (bicyclic) bond motifs is 5. The van der Waals surface area contributed by atoms with Crippen LogP contribution in [0.3, 0.4) is 0 Å². The molecule has 32 heavy (non-hydrogen) atoms. The molecule has 1 aromatic carbocycles. The van der Waals surface area contributed by atoms with Gasteiger partial charge >= 0.3 is 6.18 Å². The highest BCUT2D eigenvalue weighted by molar-refractivity contribution is 7.21. The summed E-state index contributed by atoms with van der Waals surface area (Å²) < 4.78 is 45.8. The molecule has 0 bridgehead atoms. The lowest BCUT2D eigenvalue weighted by Gasteiger charge is -2.12. The predicted molar refractivity (Wildman–Crippen MR) is 112 cm³/mol. The second-order valence-electron chi connectivity index (χ2n) is 7.03. The number of hydrogen-bond acceptors (Lipinski definition) is 8. The third kappa shape index (κ3) is 3.54. The second-order valence-corrected chi connectivity index (χ2v) is 8.42. The van der Waals surface area contributed by atoms with E-state index in [1.807, 2.05) is 6.92 Å². The fourth-order valence-corrected chi connectivity index (χ4v) is 4.55. The third-order valence-electron chi connectivity index (χ3n) is 4.74. The minimum absolute atomic E-state index is 0.0549. The molecule has 3 aromatic heterocycles. The van der Waals surface area contributed by atoms with Gasteiger partial charge in [0.15, 0.2) is 0 Å². The van der Waals surface area contributed by atoms with Crippen molar-refractivity contribution in [2.24, 2.45) is 0 Å². The molecule has 5 rings (SSSR count). The van der Waals surface area contributed by atoms with Gasteiger partial charge in [0.05, 0.1) is 22.9 Å². The van der Waals surface area contributed by atoms with E-state index >= 15 is 0 Å². The molecule has 0 unspecified atom stereocenters. The Morgan fingerprint density at radius 3 is 2.81 bits per heavy atom. The van der Waals surface area contributed by atoms with Gasteiger partial charge in [-0.2, -0.15) is 18.2 Å². The Bertz CT molecular complexity index is 1390. The van der Waals surface area contributed by atoms with Crippen molar-refractivity contribution in [1.29, 1.82) is 0 Å². The van der Waals surface area contributed by atoms with Crippen LogP contribution in [-0.4, -0.2) is 38.4 Å². The number of halogens is 4. The largest absolute Gasteiger partial charge is 0.423 e. The van der Waals surface area contributed by atoms with Crippen molar-refractivity contribution in [1.82, 2.24) is 25.3 Å². The van der Waals surface area contributed by atoms with Crippen molar-refractivity contribution in [2.75, 3.05) is 11.9 Å². The first-order chi connectivity index (χ1) is 15.2. The van der Waals surface area contributed by atoms with E-state index in [2.05, 4.69) is 30.6 Å². The number of amides is 1. The molecule has 2 N–H and O–H groups in total. The fraction of sp³-hybridized carbons (Fsp3) is 0.211. The lowest BCUT2D eigenvalue weighted by Crippen LogP contribution is -2.34. The zero-order valence-electron chi connectivity index (χ0n) is 16.1. The van der Waals surface area contributed by atoms with Crippen molar-refractivity contribution in [3.05, 3.63) is 40.3 Å². The van der Waals surface area contributed by atoms with Gasteiger partial charge in [0.1, 0.15) is 10.4 Å². The van der Waals surface area contributed by atoms with Gasteiger partial charge in [-0.25, -0.2) is 15.0 Å². The van der Waals surface area contributed by atoms with E-state index in [9.17, 15) is 18.0 Å². The molecule has 0 aliphatic carbocycles. The molecule has 0 spiro atoms. The number of aromatic nitrogens is 4. The van der Waals surface area contributed by atoms with Crippen LogP contribution >= 0.6 is 22.9 Å². The molecular weight excluding hydrogens is 469 g/mol. The number of ether oxygens (including phenoxy) is 1. The van der Waals surface area contributed by atoms with Crippen molar-refractivity contribution in [3.8, 4) is 11.8 Å². The van der Waals surface area contributed by atoms with Crippen LogP contribution in [0.1, 0.15) is 22.2 Å². The summed E-state index contributed by atoms with van der Waals surface area (Å²) in [5, 5.41) is 6.49. The number of nitrogens with one attached hydrogen (secondary N) is 2. The minimum Gasteiger partial charge on any atom is -0.418 e. The van der Waals surface area contributed by atoms with Crippen LogP contribution in [0.2, 0.25) is 5.28 Å². The molecule has 8 nitrogen and oxygen atoms in total. The van der Waals surface area contributed by atoms with Crippen molar-refractivity contribution < 1.29 is 22.7 Å². The monoisotopic (exact) mass is 480 g/mol. The molecule has 164 valence electrons. The van der Waals surface area contributed by atoms with E-state index in [0.29, 0.717) is 39.7 Å². The first kappa shape index (κ1) is 20.6. The Labute approximate surface area is 186 Å². The molecule has 1 aliphatic rings. The number of rotatable bonds is 2. The maximum Gasteiger partial charge on any atom is 0.423 e. The Morgan fingerprint density at radius 1 is 1.22 bits per heavy atom. The van der Waals surface area contributed by atoms with Gasteiger partial charge in [-0.05, 0) is 30.7 Å². The lowest BCUT2D eigenvalue weighted by atomic mass is 10.1. The van der Waals surface area contributed by atoms with Gasteiger partial charge in [0, 0.05) is 28.9 Å². The van der Waals surface area contributed by atoms with Crippen LogP contribution < -0.4 is 15.4 Å². The van der Waals surface area contributed by atoms with E-state index < -0.39 is 22.9 Å². The SMILES string of the molecule is C[C@@H]1CNc2c(sc3ccc4nc(Oc5nc(Cl)ncc5C(F)(F)F)cnc4c23)C(=O)N1. The van der Waals surface area contributed by atoms with Crippen LogP contribution in [0.4, 0.5) is 18.9 Å². The third-order valence-corrected chi connectivity index (χ3v) is 6.08. The summed E-state index contributed by atoms with van der Waals surface area (Å²) >= 11 is 6.96. The minimum atomic E-state index is -4.74. The van der Waals surface area contributed by atoms with Crippen LogP contribution in [0.5, 0.6) is 11.8 Å². The lowest BCUT2D eigenvalue weighted by molar-refractivity contribution is -0.139. The highest BCUT2D eigenvalue weighted by Gasteiger charge is 2.36. The summed E-state index contributed by atoms with van der Waals surface area (Å²) in [6.45, 7) is 2.42. The topological polar surface area (TPSA) is 102 Å². The van der Waals surface area contributed by atoms with Gasteiger partial charge in [0.2, 0.25) is 17.0 Å². The maximum absolute atomic E-state index is 13.2. The fourth-order valence-electron chi connectivity index (χ4n) is 3.34. The Kier molecular flexibility index (Phi) is 4.78. The number of thiophene rings is 1. The molecule has 1 atom stereocenters. The maximum atomic E-state index is 13.2. The summed E-state index contributed by atoms with van der Waals surface area (Å²) in [5.41, 5.74) is 0.330.